The highest BCUT2D eigenvalue weighted by Crippen LogP contribution is 2.19. The summed E-state index contributed by atoms with van der Waals surface area (Å²) < 4.78 is 19.6. The number of halogens is 1. The summed E-state index contributed by atoms with van der Waals surface area (Å²) in [6, 6.07) is 21.1. The third-order valence-corrected chi connectivity index (χ3v) is 3.77. The van der Waals surface area contributed by atoms with E-state index in [4.69, 9.17) is 4.74 Å². The highest BCUT2D eigenvalue weighted by molar-refractivity contribution is 6.05. The topological polar surface area (TPSA) is 38.3 Å². The number of hydrogen-bond acceptors (Lipinski definition) is 2. The largest absolute Gasteiger partial charge is 0.489 e. The van der Waals surface area contributed by atoms with Gasteiger partial charge in [0, 0.05) is 11.1 Å². The van der Waals surface area contributed by atoms with E-state index in [0.29, 0.717) is 5.56 Å². The molecule has 0 saturated heterocycles. The number of rotatable bonds is 5. The van der Waals surface area contributed by atoms with Crippen LogP contribution in [0.25, 0.3) is 0 Å². The van der Waals surface area contributed by atoms with Crippen LogP contribution < -0.4 is 10.1 Å². The molecular weight excluding hydrogens is 317 g/mol. The molecule has 3 rings (SSSR count). The van der Waals surface area contributed by atoms with Crippen LogP contribution in [0.1, 0.15) is 21.5 Å². The fourth-order valence-corrected chi connectivity index (χ4v) is 2.47. The first-order valence-corrected chi connectivity index (χ1v) is 7.97. The van der Waals surface area contributed by atoms with Gasteiger partial charge >= 0.3 is 0 Å². The third kappa shape index (κ3) is 4.23. The Morgan fingerprint density at radius 1 is 1.00 bits per heavy atom. The Morgan fingerprint density at radius 2 is 1.72 bits per heavy atom. The van der Waals surface area contributed by atoms with Crippen molar-refractivity contribution in [2.24, 2.45) is 0 Å². The highest BCUT2D eigenvalue weighted by Gasteiger charge is 2.13. The van der Waals surface area contributed by atoms with Gasteiger partial charge in [0.2, 0.25) is 0 Å². The van der Waals surface area contributed by atoms with Gasteiger partial charge in [0.15, 0.2) is 0 Å². The molecule has 0 aliphatic rings. The molecule has 25 heavy (non-hydrogen) atoms. The number of aryl methyl sites for hydroxylation is 1. The molecule has 0 aliphatic heterocycles. The first-order valence-electron chi connectivity index (χ1n) is 7.97. The molecule has 3 aromatic carbocycles. The molecule has 0 aliphatic carbocycles. The van der Waals surface area contributed by atoms with Gasteiger partial charge in [-0.2, -0.15) is 0 Å². The van der Waals surface area contributed by atoms with Crippen LogP contribution in [-0.4, -0.2) is 5.91 Å². The second-order valence-electron chi connectivity index (χ2n) is 5.70. The second-order valence-corrected chi connectivity index (χ2v) is 5.70. The van der Waals surface area contributed by atoms with Gasteiger partial charge in [-0.25, -0.2) is 4.39 Å². The molecule has 0 unspecified atom stereocenters. The number of nitrogens with one attached hydrogen (secondary N) is 1. The summed E-state index contributed by atoms with van der Waals surface area (Å²) in [5, 5.41) is 2.64. The Balaban J connectivity index is 1.77. The van der Waals surface area contributed by atoms with E-state index in [9.17, 15) is 9.18 Å². The SMILES string of the molecule is Cc1ccc(F)c(NC(=O)c2ccccc2COc2ccccc2)c1. The fraction of sp³-hybridized carbons (Fsp3) is 0.0952. The Kier molecular flexibility index (Phi) is 5.09. The number of para-hydroxylation sites is 1. The lowest BCUT2D eigenvalue weighted by atomic mass is 10.1. The molecule has 1 N–H and O–H groups in total. The van der Waals surface area contributed by atoms with Gasteiger partial charge in [0.1, 0.15) is 18.2 Å². The molecule has 0 radical (unpaired) electrons. The van der Waals surface area contributed by atoms with E-state index >= 15 is 0 Å². The van der Waals surface area contributed by atoms with Gasteiger partial charge in [-0.15, -0.1) is 0 Å². The standard InChI is InChI=1S/C21H18FNO2/c1-15-11-12-19(22)20(13-15)23-21(24)18-10-6-5-7-16(18)14-25-17-8-3-2-4-9-17/h2-13H,14H2,1H3,(H,23,24). The molecule has 0 heterocycles. The van der Waals surface area contributed by atoms with Crippen LogP contribution in [0.15, 0.2) is 72.8 Å². The zero-order valence-corrected chi connectivity index (χ0v) is 13.8. The van der Waals surface area contributed by atoms with Crippen molar-refractivity contribution in [2.75, 3.05) is 5.32 Å². The van der Waals surface area contributed by atoms with Gasteiger partial charge in [-0.1, -0.05) is 42.5 Å². The zero-order chi connectivity index (χ0) is 17.6. The minimum atomic E-state index is -0.461. The van der Waals surface area contributed by atoms with Gasteiger partial charge in [0.25, 0.3) is 5.91 Å². The maximum atomic E-state index is 13.9. The Bertz CT molecular complexity index is 878. The van der Waals surface area contributed by atoms with E-state index in [0.717, 1.165) is 16.9 Å². The number of amides is 1. The third-order valence-electron chi connectivity index (χ3n) is 3.77. The molecule has 0 aromatic heterocycles. The lowest BCUT2D eigenvalue weighted by Crippen LogP contribution is -2.16. The van der Waals surface area contributed by atoms with E-state index < -0.39 is 5.82 Å². The minimum Gasteiger partial charge on any atom is -0.489 e. The van der Waals surface area contributed by atoms with Crippen molar-refractivity contribution in [1.82, 2.24) is 0 Å². The van der Waals surface area contributed by atoms with Gasteiger partial charge in [-0.3, -0.25) is 4.79 Å². The van der Waals surface area contributed by atoms with Crippen molar-refractivity contribution in [1.29, 1.82) is 0 Å². The monoisotopic (exact) mass is 335 g/mol. The first-order chi connectivity index (χ1) is 12.1. The fourth-order valence-electron chi connectivity index (χ4n) is 2.47. The average molecular weight is 335 g/mol. The lowest BCUT2D eigenvalue weighted by molar-refractivity contribution is 0.102. The predicted molar refractivity (Wildman–Crippen MR) is 96.3 cm³/mol. The van der Waals surface area contributed by atoms with E-state index in [-0.39, 0.29) is 18.2 Å². The maximum absolute atomic E-state index is 13.9. The zero-order valence-electron chi connectivity index (χ0n) is 13.8. The van der Waals surface area contributed by atoms with E-state index in [1.165, 1.54) is 6.07 Å². The van der Waals surface area contributed by atoms with Gasteiger partial charge < -0.3 is 10.1 Å². The van der Waals surface area contributed by atoms with Crippen LogP contribution in [-0.2, 0) is 6.61 Å². The summed E-state index contributed by atoms with van der Waals surface area (Å²) in [5.74, 6) is -0.101. The summed E-state index contributed by atoms with van der Waals surface area (Å²) in [6.07, 6.45) is 0. The Labute approximate surface area is 146 Å². The number of anilines is 1. The van der Waals surface area contributed by atoms with Crippen LogP contribution in [0.3, 0.4) is 0 Å². The number of carbonyl (C=O) groups excluding carboxylic acids is 1. The second kappa shape index (κ2) is 7.62. The summed E-state index contributed by atoms with van der Waals surface area (Å²) >= 11 is 0. The van der Waals surface area contributed by atoms with Crippen LogP contribution in [0, 0.1) is 12.7 Å². The number of ether oxygens (including phenoxy) is 1. The summed E-state index contributed by atoms with van der Waals surface area (Å²) in [6.45, 7) is 2.10. The molecular formula is C21H18FNO2. The van der Waals surface area contributed by atoms with Crippen LogP contribution in [0.2, 0.25) is 0 Å². The molecule has 0 spiro atoms. The van der Waals surface area contributed by atoms with Crippen molar-refractivity contribution in [3.63, 3.8) is 0 Å². The highest BCUT2D eigenvalue weighted by atomic mass is 19.1. The normalized spacial score (nSPS) is 10.3. The number of carbonyl (C=O) groups is 1. The molecule has 0 atom stereocenters. The van der Waals surface area contributed by atoms with Crippen molar-refractivity contribution in [2.45, 2.75) is 13.5 Å². The van der Waals surface area contributed by atoms with Gasteiger partial charge in [0.05, 0.1) is 5.69 Å². The average Bonchev–Trinajstić information content (AvgIpc) is 2.64. The molecule has 0 saturated carbocycles. The predicted octanol–water partition coefficient (Wildman–Crippen LogP) is 4.97. The van der Waals surface area contributed by atoms with Crippen molar-refractivity contribution in [3.05, 3.63) is 95.3 Å². The van der Waals surface area contributed by atoms with Crippen LogP contribution in [0.5, 0.6) is 5.75 Å². The molecule has 1 amide bonds. The minimum absolute atomic E-state index is 0.170. The summed E-state index contributed by atoms with van der Waals surface area (Å²) in [4.78, 5) is 12.6. The summed E-state index contributed by atoms with van der Waals surface area (Å²) in [7, 11) is 0. The Hall–Kier alpha value is -3.14. The van der Waals surface area contributed by atoms with Crippen LogP contribution >= 0.6 is 0 Å². The molecule has 3 nitrogen and oxygen atoms in total. The number of benzene rings is 3. The molecule has 4 heteroatoms. The summed E-state index contributed by atoms with van der Waals surface area (Å²) in [5.41, 5.74) is 2.23. The number of hydrogen-bond donors (Lipinski definition) is 1. The first kappa shape index (κ1) is 16.7. The van der Waals surface area contributed by atoms with Crippen molar-refractivity contribution < 1.29 is 13.9 Å². The maximum Gasteiger partial charge on any atom is 0.256 e. The lowest BCUT2D eigenvalue weighted by Gasteiger charge is -2.12. The van der Waals surface area contributed by atoms with Gasteiger partial charge in [-0.05, 0) is 42.8 Å². The van der Waals surface area contributed by atoms with Crippen molar-refractivity contribution >= 4 is 11.6 Å². The van der Waals surface area contributed by atoms with Crippen LogP contribution in [0.4, 0.5) is 10.1 Å². The molecule has 0 fully saturated rings. The van der Waals surface area contributed by atoms with E-state index in [1.807, 2.05) is 49.4 Å². The Morgan fingerprint density at radius 3 is 2.52 bits per heavy atom. The van der Waals surface area contributed by atoms with Crippen molar-refractivity contribution in [3.8, 4) is 5.75 Å². The quantitative estimate of drug-likeness (QED) is 0.715. The van der Waals surface area contributed by atoms with E-state index in [2.05, 4.69) is 5.32 Å². The molecule has 126 valence electrons. The molecule has 0 bridgehead atoms. The smallest absolute Gasteiger partial charge is 0.256 e. The molecule has 3 aromatic rings. The van der Waals surface area contributed by atoms with E-state index in [1.54, 1.807) is 24.3 Å².